The van der Waals surface area contributed by atoms with Gasteiger partial charge in [-0.1, -0.05) is 12.1 Å². The number of hydrogen-bond donors (Lipinski definition) is 3. The maximum Gasteiger partial charge on any atom is 0.262 e. The van der Waals surface area contributed by atoms with Gasteiger partial charge in [-0.05, 0) is 37.1 Å². The second-order valence-electron chi connectivity index (χ2n) is 4.81. The largest absolute Gasteiger partial charge is 0.493 e. The highest BCUT2D eigenvalue weighted by molar-refractivity contribution is 5.67. The van der Waals surface area contributed by atoms with E-state index in [2.05, 4.69) is 15.3 Å². The fourth-order valence-corrected chi connectivity index (χ4v) is 2.47. The van der Waals surface area contributed by atoms with Crippen LogP contribution in [0.5, 0.6) is 5.88 Å². The zero-order chi connectivity index (χ0) is 14.1. The Kier molecular flexibility index (Phi) is 3.23. The number of nitrogens with zero attached hydrogens (tertiary/aromatic N) is 1. The zero-order valence-corrected chi connectivity index (χ0v) is 10.7. The van der Waals surface area contributed by atoms with Crippen LogP contribution < -0.4 is 10.9 Å². The molecule has 1 aliphatic heterocycles. The Bertz CT molecular complexity index is 693. The molecule has 3 rings (SSSR count). The van der Waals surface area contributed by atoms with Crippen molar-refractivity contribution in [1.29, 1.82) is 0 Å². The van der Waals surface area contributed by atoms with Crippen molar-refractivity contribution in [3.63, 3.8) is 0 Å². The number of aromatic nitrogens is 2. The summed E-state index contributed by atoms with van der Waals surface area (Å²) in [7, 11) is 0. The van der Waals surface area contributed by atoms with Crippen LogP contribution in [0.3, 0.4) is 0 Å². The SMILES string of the molecule is O=c1[nH]c(C2CCCN2)nc(O)c1-c1cccc(F)c1. The number of halogens is 1. The van der Waals surface area contributed by atoms with Gasteiger partial charge in [-0.3, -0.25) is 4.79 Å². The first-order valence-corrected chi connectivity index (χ1v) is 6.47. The van der Waals surface area contributed by atoms with E-state index >= 15 is 0 Å². The Labute approximate surface area is 114 Å². The van der Waals surface area contributed by atoms with Gasteiger partial charge in [0.1, 0.15) is 17.2 Å². The summed E-state index contributed by atoms with van der Waals surface area (Å²) in [5.41, 5.74) is -0.166. The Balaban J connectivity index is 2.07. The van der Waals surface area contributed by atoms with Gasteiger partial charge >= 0.3 is 0 Å². The second-order valence-corrected chi connectivity index (χ2v) is 4.81. The third kappa shape index (κ3) is 2.30. The molecule has 1 atom stereocenters. The van der Waals surface area contributed by atoms with Crippen LogP contribution in [0, 0.1) is 5.82 Å². The van der Waals surface area contributed by atoms with Crippen LogP contribution >= 0.6 is 0 Å². The quantitative estimate of drug-likeness (QED) is 0.779. The molecule has 2 aromatic rings. The number of hydrogen-bond acceptors (Lipinski definition) is 4. The van der Waals surface area contributed by atoms with Crippen molar-refractivity contribution in [3.05, 3.63) is 46.3 Å². The average Bonchev–Trinajstić information content (AvgIpc) is 2.91. The minimum Gasteiger partial charge on any atom is -0.493 e. The lowest BCUT2D eigenvalue weighted by atomic mass is 10.1. The summed E-state index contributed by atoms with van der Waals surface area (Å²) in [4.78, 5) is 18.8. The minimum atomic E-state index is -0.470. The Morgan fingerprint density at radius 3 is 2.90 bits per heavy atom. The van der Waals surface area contributed by atoms with Crippen molar-refractivity contribution >= 4 is 0 Å². The van der Waals surface area contributed by atoms with E-state index in [1.807, 2.05) is 0 Å². The van der Waals surface area contributed by atoms with Gasteiger partial charge in [0, 0.05) is 0 Å². The van der Waals surface area contributed by atoms with Crippen molar-refractivity contribution in [1.82, 2.24) is 15.3 Å². The lowest BCUT2D eigenvalue weighted by molar-refractivity contribution is 0.444. The number of aromatic hydroxyl groups is 1. The topological polar surface area (TPSA) is 78.0 Å². The number of nitrogens with one attached hydrogen (secondary N) is 2. The van der Waals surface area contributed by atoms with E-state index in [1.54, 1.807) is 6.07 Å². The van der Waals surface area contributed by atoms with Gasteiger partial charge in [0.05, 0.1) is 6.04 Å². The van der Waals surface area contributed by atoms with Gasteiger partial charge in [-0.15, -0.1) is 0 Å². The molecule has 1 aromatic carbocycles. The van der Waals surface area contributed by atoms with E-state index in [9.17, 15) is 14.3 Å². The van der Waals surface area contributed by atoms with Crippen molar-refractivity contribution in [2.45, 2.75) is 18.9 Å². The van der Waals surface area contributed by atoms with Crippen LogP contribution in [0.15, 0.2) is 29.1 Å². The highest BCUT2D eigenvalue weighted by atomic mass is 19.1. The Morgan fingerprint density at radius 1 is 1.40 bits per heavy atom. The molecule has 0 radical (unpaired) electrons. The first-order valence-electron chi connectivity index (χ1n) is 6.47. The smallest absolute Gasteiger partial charge is 0.262 e. The second kappa shape index (κ2) is 5.05. The number of aromatic amines is 1. The first-order chi connectivity index (χ1) is 9.65. The van der Waals surface area contributed by atoms with Crippen LogP contribution in [0.2, 0.25) is 0 Å². The van der Waals surface area contributed by atoms with Crippen LogP contribution in [0.4, 0.5) is 4.39 Å². The molecule has 0 aliphatic carbocycles. The van der Waals surface area contributed by atoms with Gasteiger partial charge in [-0.2, -0.15) is 4.98 Å². The molecule has 2 heterocycles. The van der Waals surface area contributed by atoms with Crippen molar-refractivity contribution in [2.75, 3.05) is 6.54 Å². The van der Waals surface area contributed by atoms with E-state index in [-0.39, 0.29) is 17.5 Å². The Hall–Kier alpha value is -2.21. The summed E-state index contributed by atoms with van der Waals surface area (Å²) in [5.74, 6) is -0.420. The molecule has 1 saturated heterocycles. The molecular formula is C14H14FN3O2. The normalized spacial score (nSPS) is 18.4. The maximum absolute atomic E-state index is 13.2. The lowest BCUT2D eigenvalue weighted by Gasteiger charge is -2.11. The van der Waals surface area contributed by atoms with Gasteiger partial charge in [-0.25, -0.2) is 4.39 Å². The minimum absolute atomic E-state index is 0.00810. The van der Waals surface area contributed by atoms with Crippen LogP contribution in [0.25, 0.3) is 11.1 Å². The average molecular weight is 275 g/mol. The molecule has 1 aromatic heterocycles. The monoisotopic (exact) mass is 275 g/mol. The predicted octanol–water partition coefficient (Wildman–Crippen LogP) is 1.71. The molecule has 5 nitrogen and oxygen atoms in total. The molecule has 20 heavy (non-hydrogen) atoms. The molecule has 1 fully saturated rings. The lowest BCUT2D eigenvalue weighted by Crippen LogP contribution is -2.21. The van der Waals surface area contributed by atoms with Crippen LogP contribution in [-0.4, -0.2) is 21.6 Å². The van der Waals surface area contributed by atoms with Gasteiger partial charge in [0.25, 0.3) is 5.56 Å². The first kappa shape index (κ1) is 12.8. The molecule has 1 aliphatic rings. The zero-order valence-electron chi connectivity index (χ0n) is 10.7. The highest BCUT2D eigenvalue weighted by Crippen LogP contribution is 2.26. The summed E-state index contributed by atoms with van der Waals surface area (Å²) in [6, 6.07) is 5.46. The van der Waals surface area contributed by atoms with Gasteiger partial charge in [0.2, 0.25) is 5.88 Å². The number of H-pyrrole nitrogens is 1. The standard InChI is InChI=1S/C14H14FN3O2/c15-9-4-1-3-8(7-9)11-13(19)17-12(18-14(11)20)10-5-2-6-16-10/h1,3-4,7,10,16H,2,5-6H2,(H2,17,18,19,20). The third-order valence-electron chi connectivity index (χ3n) is 3.42. The van der Waals surface area contributed by atoms with E-state index in [4.69, 9.17) is 0 Å². The third-order valence-corrected chi connectivity index (χ3v) is 3.42. The van der Waals surface area contributed by atoms with E-state index < -0.39 is 11.4 Å². The van der Waals surface area contributed by atoms with E-state index in [1.165, 1.54) is 18.2 Å². The summed E-state index contributed by atoms with van der Waals surface area (Å²) in [5, 5.41) is 13.2. The Morgan fingerprint density at radius 2 is 2.25 bits per heavy atom. The summed E-state index contributed by atoms with van der Waals surface area (Å²) in [6.45, 7) is 0.862. The van der Waals surface area contributed by atoms with Crippen molar-refractivity contribution < 1.29 is 9.50 Å². The van der Waals surface area contributed by atoms with Crippen LogP contribution in [0.1, 0.15) is 24.7 Å². The molecule has 0 spiro atoms. The highest BCUT2D eigenvalue weighted by Gasteiger charge is 2.21. The number of benzene rings is 1. The summed E-state index contributed by atoms with van der Waals surface area (Å²) in [6.07, 6.45) is 1.86. The maximum atomic E-state index is 13.2. The fourth-order valence-electron chi connectivity index (χ4n) is 2.47. The molecule has 1 unspecified atom stereocenters. The van der Waals surface area contributed by atoms with Gasteiger partial charge in [0.15, 0.2) is 0 Å². The van der Waals surface area contributed by atoms with Crippen LogP contribution in [-0.2, 0) is 0 Å². The number of rotatable bonds is 2. The molecule has 6 heteroatoms. The fraction of sp³-hybridized carbons (Fsp3) is 0.286. The molecule has 0 saturated carbocycles. The molecule has 0 amide bonds. The van der Waals surface area contributed by atoms with Crippen molar-refractivity contribution in [3.8, 4) is 17.0 Å². The molecule has 3 N–H and O–H groups in total. The van der Waals surface area contributed by atoms with E-state index in [0.29, 0.717) is 11.4 Å². The van der Waals surface area contributed by atoms with Gasteiger partial charge < -0.3 is 15.4 Å². The molecule has 104 valence electrons. The predicted molar refractivity (Wildman–Crippen MR) is 71.9 cm³/mol. The summed E-state index contributed by atoms with van der Waals surface area (Å²) >= 11 is 0. The van der Waals surface area contributed by atoms with Crippen molar-refractivity contribution in [2.24, 2.45) is 0 Å². The molecular weight excluding hydrogens is 261 g/mol. The summed E-state index contributed by atoms with van der Waals surface area (Å²) < 4.78 is 13.2. The molecule has 0 bridgehead atoms. The van der Waals surface area contributed by atoms with E-state index in [0.717, 1.165) is 19.4 Å².